The van der Waals surface area contributed by atoms with Gasteiger partial charge in [0.15, 0.2) is 11.6 Å². The van der Waals surface area contributed by atoms with Gasteiger partial charge in [-0.2, -0.15) is 0 Å². The maximum absolute atomic E-state index is 13.2. The van der Waals surface area contributed by atoms with Gasteiger partial charge in [0.05, 0.1) is 12.1 Å². The van der Waals surface area contributed by atoms with Crippen LogP contribution in [-0.4, -0.2) is 137 Å². The number of unbranched alkanes of at least 4 members (excludes halogenated alkanes) is 1. The van der Waals surface area contributed by atoms with Gasteiger partial charge in [0.25, 0.3) is 0 Å². The number of Topliss-reactive ketones (excluding diaryl/α,β-unsaturated/α-hetero) is 2. The predicted octanol–water partition coefficient (Wildman–Crippen LogP) is 8.35. The maximum Gasteiger partial charge on any atom is 0.408 e. The Balaban J connectivity index is 4.70. The van der Waals surface area contributed by atoms with E-state index in [9.17, 15) is 43.2 Å². The van der Waals surface area contributed by atoms with Crippen molar-refractivity contribution in [3.63, 3.8) is 0 Å². The van der Waals surface area contributed by atoms with Crippen molar-refractivity contribution < 1.29 is 62.1 Å². The second-order valence-electron chi connectivity index (χ2n) is 20.9. The van der Waals surface area contributed by atoms with Gasteiger partial charge in [0.1, 0.15) is 28.4 Å². The summed E-state index contributed by atoms with van der Waals surface area (Å²) in [6.07, 6.45) is 2.38. The third-order valence-electron chi connectivity index (χ3n) is 9.13. The second-order valence-corrected chi connectivity index (χ2v) is 26.3. The Bertz CT molecular complexity index is 1700. The van der Waals surface area contributed by atoms with E-state index in [-0.39, 0.29) is 86.7 Å². The molecule has 72 heavy (non-hydrogen) atoms. The summed E-state index contributed by atoms with van der Waals surface area (Å²) in [5.41, 5.74) is -2.70. The fraction of sp³-hybridized carbons (Fsp3) is 0.816. The highest BCUT2D eigenvalue weighted by Gasteiger charge is 2.27. The quantitative estimate of drug-likeness (QED) is 0.0151. The van der Waals surface area contributed by atoms with Gasteiger partial charge in [0.2, 0.25) is 17.7 Å². The number of hydrogen-bond acceptors (Lipinski definition) is 17. The third-order valence-corrected chi connectivity index (χ3v) is 14.1. The van der Waals surface area contributed by atoms with E-state index >= 15 is 0 Å². The molecule has 0 aromatic rings. The number of rotatable bonds is 35. The average Bonchev–Trinajstić information content (AvgIpc) is 3.23. The number of carbonyl (C=O) groups is 9. The summed E-state index contributed by atoms with van der Waals surface area (Å²) in [5.74, 6) is 1.03. The van der Waals surface area contributed by atoms with Gasteiger partial charge in [-0.25, -0.2) is 14.4 Å². The van der Waals surface area contributed by atoms with E-state index in [0.717, 1.165) is 0 Å². The van der Waals surface area contributed by atoms with Crippen LogP contribution in [0.15, 0.2) is 0 Å². The lowest BCUT2D eigenvalue weighted by molar-refractivity contribution is -0.155. The van der Waals surface area contributed by atoms with Crippen molar-refractivity contribution in [3.05, 3.63) is 0 Å². The van der Waals surface area contributed by atoms with Gasteiger partial charge in [-0.1, -0.05) is 56.5 Å². The first-order chi connectivity index (χ1) is 33.4. The lowest BCUT2D eigenvalue weighted by Gasteiger charge is -2.23. The Morgan fingerprint density at radius 3 is 1.35 bits per heavy atom. The van der Waals surface area contributed by atoms with Crippen LogP contribution >= 0.6 is 43.2 Å². The van der Waals surface area contributed by atoms with Crippen LogP contribution in [-0.2, 0) is 47.7 Å². The number of ether oxygens (including phenoxy) is 4. The molecule has 23 heteroatoms. The van der Waals surface area contributed by atoms with Gasteiger partial charge in [-0.3, -0.25) is 28.8 Å². The van der Waals surface area contributed by atoms with Crippen LogP contribution in [0, 0.1) is 0 Å². The van der Waals surface area contributed by atoms with E-state index in [2.05, 4.69) is 31.9 Å². The first-order valence-corrected chi connectivity index (χ1v) is 29.9. The molecule has 19 nitrogen and oxygen atoms in total. The summed E-state index contributed by atoms with van der Waals surface area (Å²) in [6, 6.07) is -2.40. The van der Waals surface area contributed by atoms with Gasteiger partial charge in [0, 0.05) is 74.7 Å². The zero-order valence-corrected chi connectivity index (χ0v) is 48.6. The van der Waals surface area contributed by atoms with Gasteiger partial charge < -0.3 is 50.8 Å². The summed E-state index contributed by atoms with van der Waals surface area (Å²) < 4.78 is 21.3. The van der Waals surface area contributed by atoms with E-state index in [0.29, 0.717) is 74.6 Å². The van der Waals surface area contributed by atoms with Crippen LogP contribution in [0.25, 0.3) is 0 Å². The summed E-state index contributed by atoms with van der Waals surface area (Å²) >= 11 is 0. The van der Waals surface area contributed by atoms with Crippen LogP contribution in [0.2, 0.25) is 0 Å². The number of ketones is 2. The molecule has 0 spiro atoms. The normalized spacial score (nSPS) is 13.1. The molecule has 0 aromatic carbocycles. The van der Waals surface area contributed by atoms with Crippen molar-refractivity contribution >= 4 is 96.7 Å². The van der Waals surface area contributed by atoms with Crippen molar-refractivity contribution in [2.24, 2.45) is 0 Å². The maximum atomic E-state index is 13.2. The van der Waals surface area contributed by atoms with Crippen LogP contribution in [0.4, 0.5) is 14.4 Å². The molecule has 0 aliphatic carbocycles. The molecule has 0 saturated heterocycles. The van der Waals surface area contributed by atoms with Crippen molar-refractivity contribution in [2.75, 3.05) is 42.6 Å². The summed E-state index contributed by atoms with van der Waals surface area (Å²) in [7, 11) is 6.19. The van der Waals surface area contributed by atoms with E-state index in [1.807, 2.05) is 0 Å². The Hall–Kier alpha value is -3.57. The monoisotopic (exact) mass is 1100 g/mol. The largest absolute Gasteiger partial charge is 0.460 e. The lowest BCUT2D eigenvalue weighted by atomic mass is 10.0. The number of alkyl carbamates (subject to hydrolysis) is 3. The van der Waals surface area contributed by atoms with E-state index < -0.39 is 58.8 Å². The molecule has 3 atom stereocenters. The van der Waals surface area contributed by atoms with Crippen molar-refractivity contribution in [1.29, 1.82) is 0 Å². The predicted molar refractivity (Wildman–Crippen MR) is 290 cm³/mol. The summed E-state index contributed by atoms with van der Waals surface area (Å²) in [5, 5.41) is 16.4. The Morgan fingerprint density at radius 2 is 0.847 bits per heavy atom. The Kier molecular flexibility index (Phi) is 34.6. The van der Waals surface area contributed by atoms with Crippen molar-refractivity contribution in [1.82, 2.24) is 31.9 Å². The Labute approximate surface area is 445 Å². The van der Waals surface area contributed by atoms with Gasteiger partial charge >= 0.3 is 24.2 Å². The topological polar surface area (TPSA) is 263 Å². The molecular weight excluding hydrogens is 1010 g/mol. The molecule has 6 amide bonds. The van der Waals surface area contributed by atoms with Crippen molar-refractivity contribution in [3.8, 4) is 0 Å². The van der Waals surface area contributed by atoms with Crippen LogP contribution in [0.1, 0.15) is 173 Å². The minimum Gasteiger partial charge on any atom is -0.460 e. The molecule has 0 aliphatic rings. The summed E-state index contributed by atoms with van der Waals surface area (Å²) in [4.78, 5) is 113. The first-order valence-electron chi connectivity index (χ1n) is 25.0. The van der Waals surface area contributed by atoms with Crippen molar-refractivity contribution in [2.45, 2.75) is 214 Å². The fourth-order valence-corrected chi connectivity index (χ4v) is 10.0. The highest BCUT2D eigenvalue weighted by atomic mass is 33.1. The van der Waals surface area contributed by atoms with Crippen LogP contribution in [0.5, 0.6) is 0 Å². The molecule has 0 aromatic heterocycles. The summed E-state index contributed by atoms with van der Waals surface area (Å²) in [6.45, 7) is 23.7. The zero-order valence-electron chi connectivity index (χ0n) is 45.3. The zero-order chi connectivity index (χ0) is 55.0. The second kappa shape index (κ2) is 36.4. The van der Waals surface area contributed by atoms with Crippen LogP contribution in [0.3, 0.4) is 0 Å². The minimum absolute atomic E-state index is 0.0628. The van der Waals surface area contributed by atoms with Gasteiger partial charge in [-0.15, -0.1) is 0 Å². The smallest absolute Gasteiger partial charge is 0.408 e. The molecule has 0 bridgehead atoms. The number of carbonyl (C=O) groups excluding carboxylic acids is 9. The lowest BCUT2D eigenvalue weighted by Crippen LogP contribution is -2.48. The first kappa shape index (κ1) is 68.4. The standard InChI is InChI=1S/C49H88N6O13S4/c1-14-39(58)53-35(38(57)23-19-31-70-72-33-29-51-42(61)36(55-45(64)68-49(11,12)13)21-17-27-52-43(62)66-47(5,6)7)25-26-40(59)50-28-32-71-69-30-18-22-37(56)34(54-44(63)67-48(8,9)10)20-15-16-24-41(60)65-46(2,3)4/h34-36H,14-33H2,1-13H3,(H,50,59)(H,51,61)(H,52,62)(H,53,58)(H,54,63)(H,55,64). The number of amides is 6. The highest BCUT2D eigenvalue weighted by molar-refractivity contribution is 8.77. The minimum atomic E-state index is -0.886. The molecule has 6 N–H and O–H groups in total. The van der Waals surface area contributed by atoms with E-state index in [1.54, 1.807) is 122 Å². The van der Waals surface area contributed by atoms with Gasteiger partial charge in [-0.05, 0) is 128 Å². The molecule has 0 aliphatic heterocycles. The molecule has 0 saturated carbocycles. The third kappa shape index (κ3) is 40.9. The van der Waals surface area contributed by atoms with E-state index in [1.165, 1.54) is 10.8 Å². The highest BCUT2D eigenvalue weighted by Crippen LogP contribution is 2.24. The Morgan fingerprint density at radius 1 is 0.403 bits per heavy atom. The number of nitrogens with one attached hydrogen (secondary N) is 6. The SMILES string of the molecule is CCC(=O)NC(CCC(=O)NCCSSCCCC(=O)C(CCCCC(=O)OC(C)(C)C)NC(=O)OC(C)(C)C)C(=O)CCCSSCCNC(=O)C(CCCNC(=O)OC(C)(C)C)NC(=O)OC(C)(C)C. The fourth-order valence-electron chi connectivity index (χ4n) is 6.04. The number of hydrogen-bond donors (Lipinski definition) is 6. The molecule has 416 valence electrons. The molecule has 3 unspecified atom stereocenters. The molecule has 0 radical (unpaired) electrons. The molecular formula is C49H88N6O13S4. The number of esters is 1. The van der Waals surface area contributed by atoms with E-state index in [4.69, 9.17) is 18.9 Å². The average molecular weight is 1100 g/mol. The van der Waals surface area contributed by atoms with Crippen LogP contribution < -0.4 is 31.9 Å². The molecule has 0 fully saturated rings. The molecule has 0 heterocycles. The molecule has 0 rings (SSSR count).